The lowest BCUT2D eigenvalue weighted by molar-refractivity contribution is 0.489. The Kier molecular flexibility index (Phi) is 8.16. The molecule has 0 aliphatic carbocycles. The molecule has 1 heteroatoms. The van der Waals surface area contributed by atoms with Gasteiger partial charge in [-0.1, -0.05) is 65.3 Å². The van der Waals surface area contributed by atoms with Crippen LogP contribution in [0, 0.1) is 5.92 Å². The molecule has 0 aromatic heterocycles. The van der Waals surface area contributed by atoms with Crippen LogP contribution in [0.2, 0.25) is 0 Å². The average molecular weight is 314 g/mol. The first-order valence-corrected chi connectivity index (χ1v) is 9.16. The number of hydrogen-bond donors (Lipinski definition) is 0. The maximum Gasteiger partial charge on any atom is 0.0438 e. The monoisotopic (exact) mass is 313 g/mol. The van der Waals surface area contributed by atoms with E-state index in [2.05, 4.69) is 71.0 Å². The van der Waals surface area contributed by atoms with Gasteiger partial charge in [-0.3, -0.25) is 0 Å². The van der Waals surface area contributed by atoms with E-state index in [-0.39, 0.29) is 0 Å². The van der Waals surface area contributed by atoms with Crippen molar-refractivity contribution >= 4 is 0 Å². The van der Waals surface area contributed by atoms with E-state index in [0.717, 1.165) is 30.9 Å². The van der Waals surface area contributed by atoms with Crippen LogP contribution in [0.5, 0.6) is 0 Å². The quantitative estimate of drug-likeness (QED) is 0.409. The van der Waals surface area contributed by atoms with E-state index in [0.29, 0.717) is 0 Å². The van der Waals surface area contributed by atoms with Gasteiger partial charge in [-0.05, 0) is 55.7 Å². The first-order chi connectivity index (χ1) is 10.9. The van der Waals surface area contributed by atoms with Crippen molar-refractivity contribution < 1.29 is 0 Å². The third-order valence-corrected chi connectivity index (χ3v) is 4.68. The van der Waals surface area contributed by atoms with E-state index in [1.165, 1.54) is 41.7 Å². The molecule has 0 spiro atoms. The molecule has 23 heavy (non-hydrogen) atoms. The Morgan fingerprint density at radius 3 is 2.61 bits per heavy atom. The standard InChI is InChI=1S/C22H35N/c1-8-12-19(6)22(10-3)23-16-18(5)15-21(20(23)7)14-11-13-17(4)9-2/h10,15-17H,6-9,11-14H2,1-5H3/b22-10-. The van der Waals surface area contributed by atoms with Crippen LogP contribution in [0.4, 0.5) is 0 Å². The molecule has 0 aromatic carbocycles. The number of nitrogens with zero attached hydrogens (tertiary/aromatic N) is 1. The van der Waals surface area contributed by atoms with Gasteiger partial charge < -0.3 is 4.90 Å². The maximum absolute atomic E-state index is 4.37. The van der Waals surface area contributed by atoms with Crippen molar-refractivity contribution in [1.82, 2.24) is 4.90 Å². The minimum atomic E-state index is 0.815. The van der Waals surface area contributed by atoms with Gasteiger partial charge in [0.2, 0.25) is 0 Å². The van der Waals surface area contributed by atoms with Crippen LogP contribution in [0.3, 0.4) is 0 Å². The largest absolute Gasteiger partial charge is 0.317 e. The predicted octanol–water partition coefficient (Wildman–Crippen LogP) is 7.12. The van der Waals surface area contributed by atoms with Crippen LogP contribution in [0.15, 0.2) is 59.6 Å². The summed E-state index contributed by atoms with van der Waals surface area (Å²) in [5.41, 5.74) is 6.17. The number of rotatable bonds is 9. The molecular formula is C22H35N. The average Bonchev–Trinajstić information content (AvgIpc) is 2.52. The Morgan fingerprint density at radius 2 is 2.04 bits per heavy atom. The lowest BCUT2D eigenvalue weighted by Gasteiger charge is -2.32. The Hall–Kier alpha value is -1.50. The molecule has 0 aromatic rings. The Labute approximate surface area is 144 Å². The molecule has 0 saturated carbocycles. The zero-order valence-electron chi connectivity index (χ0n) is 15.9. The zero-order chi connectivity index (χ0) is 17.4. The fourth-order valence-electron chi connectivity index (χ4n) is 3.05. The second kappa shape index (κ2) is 9.60. The van der Waals surface area contributed by atoms with E-state index in [1.54, 1.807) is 0 Å². The molecule has 1 nitrogen and oxygen atoms in total. The summed E-state index contributed by atoms with van der Waals surface area (Å²) >= 11 is 0. The summed E-state index contributed by atoms with van der Waals surface area (Å²) in [4.78, 5) is 2.24. The molecule has 1 aliphatic heterocycles. The fraction of sp³-hybridized carbons (Fsp3) is 0.545. The zero-order valence-corrected chi connectivity index (χ0v) is 15.9. The number of hydrogen-bond acceptors (Lipinski definition) is 1. The Balaban J connectivity index is 2.84. The Morgan fingerprint density at radius 1 is 1.35 bits per heavy atom. The van der Waals surface area contributed by atoms with E-state index < -0.39 is 0 Å². The van der Waals surface area contributed by atoms with Crippen molar-refractivity contribution in [3.8, 4) is 0 Å². The first-order valence-electron chi connectivity index (χ1n) is 9.16. The van der Waals surface area contributed by atoms with Gasteiger partial charge in [-0.15, -0.1) is 0 Å². The van der Waals surface area contributed by atoms with Crippen LogP contribution in [-0.2, 0) is 0 Å². The second-order valence-electron chi connectivity index (χ2n) is 6.79. The van der Waals surface area contributed by atoms with Gasteiger partial charge in [0.25, 0.3) is 0 Å². The lowest BCUT2D eigenvalue weighted by Crippen LogP contribution is -2.21. The highest BCUT2D eigenvalue weighted by molar-refractivity contribution is 5.45. The molecule has 128 valence electrons. The van der Waals surface area contributed by atoms with Crippen molar-refractivity contribution in [3.05, 3.63) is 59.6 Å². The van der Waals surface area contributed by atoms with E-state index >= 15 is 0 Å². The summed E-state index contributed by atoms with van der Waals surface area (Å²) in [6, 6.07) is 0. The van der Waals surface area contributed by atoms with Crippen LogP contribution >= 0.6 is 0 Å². The van der Waals surface area contributed by atoms with E-state index in [4.69, 9.17) is 0 Å². The highest BCUT2D eigenvalue weighted by Crippen LogP contribution is 2.33. The molecule has 1 atom stereocenters. The van der Waals surface area contributed by atoms with Crippen LogP contribution in [0.1, 0.15) is 73.1 Å². The maximum atomic E-state index is 4.37. The molecule has 0 fully saturated rings. The molecule has 0 amide bonds. The summed E-state index contributed by atoms with van der Waals surface area (Å²) in [6.07, 6.45) is 13.7. The Bertz CT molecular complexity index is 516. The summed E-state index contributed by atoms with van der Waals surface area (Å²) in [7, 11) is 0. The van der Waals surface area contributed by atoms with Gasteiger partial charge in [0, 0.05) is 17.6 Å². The third kappa shape index (κ3) is 5.57. The van der Waals surface area contributed by atoms with Crippen molar-refractivity contribution in [1.29, 1.82) is 0 Å². The van der Waals surface area contributed by atoms with Gasteiger partial charge in [0.15, 0.2) is 0 Å². The SMILES string of the molecule is C=C(CCC)/C(=C/C)N1C=C(C)C=C(CCCC(C)CC)C1=C. The molecule has 0 radical (unpaired) electrons. The van der Waals surface area contributed by atoms with Crippen LogP contribution < -0.4 is 0 Å². The van der Waals surface area contributed by atoms with Crippen molar-refractivity contribution in [3.63, 3.8) is 0 Å². The van der Waals surface area contributed by atoms with Crippen LogP contribution in [-0.4, -0.2) is 4.90 Å². The molecule has 0 N–H and O–H groups in total. The third-order valence-electron chi connectivity index (χ3n) is 4.68. The summed E-state index contributed by atoms with van der Waals surface area (Å²) in [5.74, 6) is 0.815. The van der Waals surface area contributed by atoms with Crippen molar-refractivity contribution in [2.24, 2.45) is 5.92 Å². The number of allylic oxidation sites excluding steroid dienone is 5. The van der Waals surface area contributed by atoms with Crippen LogP contribution in [0.25, 0.3) is 0 Å². The van der Waals surface area contributed by atoms with E-state index in [1.807, 2.05) is 0 Å². The fourth-order valence-corrected chi connectivity index (χ4v) is 3.05. The highest BCUT2D eigenvalue weighted by atomic mass is 15.1. The molecule has 0 bridgehead atoms. The molecule has 1 aliphatic rings. The van der Waals surface area contributed by atoms with E-state index in [9.17, 15) is 0 Å². The smallest absolute Gasteiger partial charge is 0.0438 e. The van der Waals surface area contributed by atoms with Crippen molar-refractivity contribution in [2.45, 2.75) is 73.1 Å². The minimum absolute atomic E-state index is 0.815. The minimum Gasteiger partial charge on any atom is -0.317 e. The molecule has 1 unspecified atom stereocenters. The molecule has 1 heterocycles. The normalized spacial score (nSPS) is 17.0. The van der Waals surface area contributed by atoms with Crippen molar-refractivity contribution in [2.75, 3.05) is 0 Å². The molecule has 1 rings (SSSR count). The lowest BCUT2D eigenvalue weighted by atomic mass is 9.94. The second-order valence-corrected chi connectivity index (χ2v) is 6.79. The van der Waals surface area contributed by atoms with Gasteiger partial charge in [0.1, 0.15) is 0 Å². The first kappa shape index (κ1) is 19.5. The topological polar surface area (TPSA) is 3.24 Å². The molecule has 0 saturated heterocycles. The van der Waals surface area contributed by atoms with Gasteiger partial charge in [-0.2, -0.15) is 0 Å². The van der Waals surface area contributed by atoms with Gasteiger partial charge in [0.05, 0.1) is 0 Å². The predicted molar refractivity (Wildman–Crippen MR) is 104 cm³/mol. The van der Waals surface area contributed by atoms with Gasteiger partial charge in [-0.25, -0.2) is 0 Å². The highest BCUT2D eigenvalue weighted by Gasteiger charge is 2.19. The molecular weight excluding hydrogens is 278 g/mol. The van der Waals surface area contributed by atoms with Gasteiger partial charge >= 0.3 is 0 Å². The summed E-state index contributed by atoms with van der Waals surface area (Å²) < 4.78 is 0. The summed E-state index contributed by atoms with van der Waals surface area (Å²) in [6.45, 7) is 19.7. The summed E-state index contributed by atoms with van der Waals surface area (Å²) in [5, 5.41) is 0.